The smallest absolute Gasteiger partial charge is 0.140 e. The van der Waals surface area contributed by atoms with Gasteiger partial charge in [0.15, 0.2) is 0 Å². The Balaban J connectivity index is 3.79. The van der Waals surface area contributed by atoms with E-state index in [-0.39, 0.29) is 11.8 Å². The van der Waals surface area contributed by atoms with Crippen LogP contribution in [-0.4, -0.2) is 16.4 Å². The Labute approximate surface area is 219 Å². The van der Waals surface area contributed by atoms with E-state index in [1.807, 2.05) is 0 Å². The first-order chi connectivity index (χ1) is 15.7. The lowest BCUT2D eigenvalue weighted by Gasteiger charge is -2.19. The molecule has 0 aliphatic heterocycles. The SMILES string of the molecule is CCCCCCCCCCCCC(CBr)C(=O)C(CBr)CCCCCCCCCCCC. The summed E-state index contributed by atoms with van der Waals surface area (Å²) in [7, 11) is 0. The fraction of sp³-hybridized carbons (Fsp3) is 0.966. The number of carbonyl (C=O) groups excluding carboxylic acids is 1. The Hall–Kier alpha value is 0.630. The Bertz CT molecular complexity index is 351. The van der Waals surface area contributed by atoms with Crippen molar-refractivity contribution in [3.8, 4) is 0 Å². The van der Waals surface area contributed by atoms with Crippen molar-refractivity contribution in [2.24, 2.45) is 11.8 Å². The minimum atomic E-state index is 0.217. The summed E-state index contributed by atoms with van der Waals surface area (Å²) < 4.78 is 0. The molecule has 0 aliphatic rings. The first-order valence-corrected chi connectivity index (χ1v) is 16.6. The number of Topliss-reactive ketones (excluding diaryl/α,β-unsaturated/α-hetero) is 1. The van der Waals surface area contributed by atoms with E-state index in [1.54, 1.807) is 0 Å². The van der Waals surface area contributed by atoms with Crippen LogP contribution >= 0.6 is 31.9 Å². The molecule has 0 aromatic carbocycles. The van der Waals surface area contributed by atoms with E-state index in [4.69, 9.17) is 0 Å². The standard InChI is InChI=1S/C29H56Br2O/c1-3-5-7-9-11-13-15-17-19-21-23-27(25-30)29(32)28(26-31)24-22-20-18-16-14-12-10-8-6-4-2/h27-28H,3-26H2,1-2H3. The lowest BCUT2D eigenvalue weighted by atomic mass is 9.88. The molecule has 1 nitrogen and oxygen atoms in total. The molecule has 0 bridgehead atoms. The molecule has 0 aromatic heterocycles. The van der Waals surface area contributed by atoms with E-state index in [0.29, 0.717) is 5.78 Å². The molecule has 0 heterocycles. The lowest BCUT2D eigenvalue weighted by Crippen LogP contribution is -2.26. The lowest BCUT2D eigenvalue weighted by molar-refractivity contribution is -0.125. The van der Waals surface area contributed by atoms with Gasteiger partial charge in [0.1, 0.15) is 5.78 Å². The number of unbranched alkanes of at least 4 members (excludes halogenated alkanes) is 18. The van der Waals surface area contributed by atoms with E-state index in [0.717, 1.165) is 23.5 Å². The van der Waals surface area contributed by atoms with Gasteiger partial charge in [-0.3, -0.25) is 4.79 Å². The van der Waals surface area contributed by atoms with Gasteiger partial charge in [-0.2, -0.15) is 0 Å². The Morgan fingerprint density at radius 2 is 0.719 bits per heavy atom. The fourth-order valence-corrected chi connectivity index (χ4v) is 5.97. The molecule has 32 heavy (non-hydrogen) atoms. The summed E-state index contributed by atoms with van der Waals surface area (Å²) in [6.45, 7) is 4.56. The summed E-state index contributed by atoms with van der Waals surface area (Å²) in [5.74, 6) is 0.940. The second-order valence-electron chi connectivity index (χ2n) is 10.0. The summed E-state index contributed by atoms with van der Waals surface area (Å²) in [6, 6.07) is 0. The molecule has 0 aliphatic carbocycles. The predicted molar refractivity (Wildman–Crippen MR) is 152 cm³/mol. The van der Waals surface area contributed by atoms with E-state index in [9.17, 15) is 4.79 Å². The van der Waals surface area contributed by atoms with Gasteiger partial charge < -0.3 is 0 Å². The van der Waals surface area contributed by atoms with Crippen molar-refractivity contribution in [1.82, 2.24) is 0 Å². The van der Waals surface area contributed by atoms with Crippen LogP contribution in [0.5, 0.6) is 0 Å². The highest BCUT2D eigenvalue weighted by Gasteiger charge is 2.24. The Kier molecular flexibility index (Phi) is 26.8. The van der Waals surface area contributed by atoms with Crippen molar-refractivity contribution >= 4 is 37.6 Å². The summed E-state index contributed by atoms with van der Waals surface area (Å²) in [5, 5.41) is 1.68. The third kappa shape index (κ3) is 20.0. The van der Waals surface area contributed by atoms with E-state index >= 15 is 0 Å². The minimum absolute atomic E-state index is 0.217. The summed E-state index contributed by atoms with van der Waals surface area (Å²) >= 11 is 7.27. The molecule has 0 aromatic rings. The largest absolute Gasteiger partial charge is 0.299 e. The number of halogens is 2. The Morgan fingerprint density at radius 1 is 0.469 bits per heavy atom. The summed E-state index contributed by atoms with van der Waals surface area (Å²) in [6.07, 6.45) is 29.4. The van der Waals surface area contributed by atoms with Gasteiger partial charge in [-0.1, -0.05) is 174 Å². The third-order valence-corrected chi connectivity index (χ3v) is 8.55. The second-order valence-corrected chi connectivity index (χ2v) is 11.3. The molecule has 0 rings (SSSR count). The summed E-state index contributed by atoms with van der Waals surface area (Å²) in [5.41, 5.74) is 0. The average Bonchev–Trinajstić information content (AvgIpc) is 2.81. The highest BCUT2D eigenvalue weighted by atomic mass is 79.9. The number of alkyl halides is 2. The third-order valence-electron chi connectivity index (χ3n) is 6.99. The predicted octanol–water partition coefficient (Wildman–Crippen LogP) is 11.2. The van der Waals surface area contributed by atoms with Crippen LogP contribution in [0, 0.1) is 11.8 Å². The monoisotopic (exact) mass is 578 g/mol. The average molecular weight is 581 g/mol. The van der Waals surface area contributed by atoms with Crippen LogP contribution in [0.25, 0.3) is 0 Å². The van der Waals surface area contributed by atoms with Crippen molar-refractivity contribution in [3.05, 3.63) is 0 Å². The van der Waals surface area contributed by atoms with E-state index in [1.165, 1.54) is 128 Å². The molecule has 2 unspecified atom stereocenters. The van der Waals surface area contributed by atoms with Crippen LogP contribution in [0.4, 0.5) is 0 Å². The van der Waals surface area contributed by atoms with Crippen LogP contribution in [0.2, 0.25) is 0 Å². The Morgan fingerprint density at radius 3 is 0.969 bits per heavy atom. The minimum Gasteiger partial charge on any atom is -0.299 e. The van der Waals surface area contributed by atoms with Crippen LogP contribution in [0.15, 0.2) is 0 Å². The van der Waals surface area contributed by atoms with Crippen LogP contribution in [-0.2, 0) is 4.79 Å². The quantitative estimate of drug-likeness (QED) is 0.0735. The number of hydrogen-bond acceptors (Lipinski definition) is 1. The first kappa shape index (κ1) is 32.6. The molecule has 0 fully saturated rings. The van der Waals surface area contributed by atoms with Crippen LogP contribution in [0.3, 0.4) is 0 Å². The maximum absolute atomic E-state index is 13.0. The van der Waals surface area contributed by atoms with Gasteiger partial charge in [-0.05, 0) is 12.8 Å². The summed E-state index contributed by atoms with van der Waals surface area (Å²) in [4.78, 5) is 13.0. The fourth-order valence-electron chi connectivity index (χ4n) is 4.68. The van der Waals surface area contributed by atoms with Gasteiger partial charge in [0.2, 0.25) is 0 Å². The number of carbonyl (C=O) groups is 1. The number of hydrogen-bond donors (Lipinski definition) is 0. The zero-order valence-corrected chi connectivity index (χ0v) is 25.0. The molecular formula is C29H56Br2O. The van der Waals surface area contributed by atoms with E-state index in [2.05, 4.69) is 45.7 Å². The van der Waals surface area contributed by atoms with Gasteiger partial charge >= 0.3 is 0 Å². The molecule has 0 amide bonds. The highest BCUT2D eigenvalue weighted by molar-refractivity contribution is 9.09. The second kappa shape index (κ2) is 26.2. The van der Waals surface area contributed by atoms with Gasteiger partial charge in [-0.15, -0.1) is 0 Å². The first-order valence-electron chi connectivity index (χ1n) is 14.4. The molecule has 3 heteroatoms. The van der Waals surface area contributed by atoms with E-state index < -0.39 is 0 Å². The molecule has 192 valence electrons. The van der Waals surface area contributed by atoms with Gasteiger partial charge in [-0.25, -0.2) is 0 Å². The maximum Gasteiger partial charge on any atom is 0.140 e. The highest BCUT2D eigenvalue weighted by Crippen LogP contribution is 2.24. The molecule has 0 saturated heterocycles. The van der Waals surface area contributed by atoms with Crippen molar-refractivity contribution < 1.29 is 4.79 Å². The topological polar surface area (TPSA) is 17.1 Å². The molecule has 0 N–H and O–H groups in total. The maximum atomic E-state index is 13.0. The zero-order valence-electron chi connectivity index (χ0n) is 21.8. The van der Waals surface area contributed by atoms with Crippen molar-refractivity contribution in [2.45, 2.75) is 155 Å². The molecule has 0 saturated carbocycles. The zero-order chi connectivity index (χ0) is 23.7. The number of ketones is 1. The molecule has 0 spiro atoms. The van der Waals surface area contributed by atoms with Crippen LogP contribution < -0.4 is 0 Å². The molecule has 2 atom stereocenters. The van der Waals surface area contributed by atoms with Crippen molar-refractivity contribution in [3.63, 3.8) is 0 Å². The van der Waals surface area contributed by atoms with Gasteiger partial charge in [0.05, 0.1) is 0 Å². The van der Waals surface area contributed by atoms with Gasteiger partial charge in [0.25, 0.3) is 0 Å². The molecule has 0 radical (unpaired) electrons. The van der Waals surface area contributed by atoms with Crippen LogP contribution in [0.1, 0.15) is 155 Å². The molecular weight excluding hydrogens is 524 g/mol. The van der Waals surface area contributed by atoms with Crippen molar-refractivity contribution in [1.29, 1.82) is 0 Å². The van der Waals surface area contributed by atoms with Crippen molar-refractivity contribution in [2.75, 3.05) is 10.7 Å². The number of rotatable bonds is 26. The normalized spacial score (nSPS) is 13.4. The van der Waals surface area contributed by atoms with Gasteiger partial charge in [0, 0.05) is 22.5 Å².